The summed E-state index contributed by atoms with van der Waals surface area (Å²) in [5.74, 6) is 3.05. The summed E-state index contributed by atoms with van der Waals surface area (Å²) in [6, 6.07) is 0. The molecule has 2 aromatic heterocycles. The fourth-order valence-electron chi connectivity index (χ4n) is 7.45. The van der Waals surface area contributed by atoms with Crippen LogP contribution in [0.3, 0.4) is 0 Å². The number of hydrogen-bond acceptors (Lipinski definition) is 4. The van der Waals surface area contributed by atoms with Crippen LogP contribution in [0.2, 0.25) is 0 Å². The van der Waals surface area contributed by atoms with Crippen molar-refractivity contribution in [2.24, 2.45) is 23.2 Å². The summed E-state index contributed by atoms with van der Waals surface area (Å²) >= 11 is 1.66. The molecular formula is C23H29N3O2S. The fourth-order valence-corrected chi connectivity index (χ4v) is 8.75. The molecule has 5 aliphatic carbocycles. The smallest absolute Gasteiger partial charge is 0.273 e. The van der Waals surface area contributed by atoms with Crippen LogP contribution in [0.25, 0.3) is 10.2 Å². The molecule has 0 unspecified atom stereocenters. The maximum absolute atomic E-state index is 13.3. The maximum atomic E-state index is 13.3. The minimum absolute atomic E-state index is 0.0117. The Bertz CT molecular complexity index is 1030. The number of amides is 1. The predicted molar refractivity (Wildman–Crippen MR) is 115 cm³/mol. The minimum atomic E-state index is -0.0919. The molecule has 2 heterocycles. The highest BCUT2D eigenvalue weighted by Gasteiger charge is 2.51. The highest BCUT2D eigenvalue weighted by Crippen LogP contribution is 2.61. The van der Waals surface area contributed by atoms with Gasteiger partial charge in [-0.2, -0.15) is 0 Å². The lowest BCUT2D eigenvalue weighted by atomic mass is 9.49. The lowest BCUT2D eigenvalue weighted by Crippen LogP contribution is -2.48. The Morgan fingerprint density at radius 1 is 1.14 bits per heavy atom. The lowest BCUT2D eigenvalue weighted by Gasteiger charge is -2.56. The van der Waals surface area contributed by atoms with Crippen molar-refractivity contribution in [1.82, 2.24) is 9.66 Å². The number of nitrogens with zero attached hydrogens (tertiary/aromatic N) is 2. The summed E-state index contributed by atoms with van der Waals surface area (Å²) in [5.41, 5.74) is 4.21. The van der Waals surface area contributed by atoms with Gasteiger partial charge in [-0.05, 0) is 99.9 Å². The Morgan fingerprint density at radius 2 is 1.79 bits per heavy atom. The highest BCUT2D eigenvalue weighted by atomic mass is 32.1. The van der Waals surface area contributed by atoms with Gasteiger partial charge in [0.25, 0.3) is 5.56 Å². The number of nitrogens with one attached hydrogen (secondary N) is 1. The molecule has 4 saturated carbocycles. The normalized spacial score (nSPS) is 32.5. The Balaban J connectivity index is 1.29. The molecule has 0 radical (unpaired) electrons. The van der Waals surface area contributed by atoms with Gasteiger partial charge in [0.1, 0.15) is 10.7 Å². The van der Waals surface area contributed by atoms with Crippen LogP contribution in [0.5, 0.6) is 0 Å². The first-order chi connectivity index (χ1) is 14.0. The summed E-state index contributed by atoms with van der Waals surface area (Å²) in [4.78, 5) is 33.2. The van der Waals surface area contributed by atoms with Crippen LogP contribution in [0.4, 0.5) is 0 Å². The van der Waals surface area contributed by atoms with E-state index < -0.39 is 0 Å². The number of fused-ring (bicyclic) bond motifs is 3. The molecule has 5 nitrogen and oxygen atoms in total. The van der Waals surface area contributed by atoms with E-state index in [1.807, 2.05) is 6.92 Å². The molecule has 0 atom stereocenters. The van der Waals surface area contributed by atoms with Gasteiger partial charge in [-0.15, -0.1) is 11.3 Å². The Kier molecular flexibility index (Phi) is 4.00. The number of carbonyl (C=O) groups is 1. The third kappa shape index (κ3) is 2.89. The van der Waals surface area contributed by atoms with E-state index in [1.54, 1.807) is 11.3 Å². The maximum Gasteiger partial charge on any atom is 0.281 e. The van der Waals surface area contributed by atoms with Gasteiger partial charge in [0.05, 0.1) is 5.39 Å². The van der Waals surface area contributed by atoms with E-state index in [-0.39, 0.29) is 16.9 Å². The second-order valence-electron chi connectivity index (χ2n) is 10.3. The van der Waals surface area contributed by atoms with E-state index in [1.165, 1.54) is 60.1 Å². The van der Waals surface area contributed by atoms with E-state index >= 15 is 0 Å². The molecule has 2 aromatic rings. The zero-order chi connectivity index (χ0) is 19.8. The van der Waals surface area contributed by atoms with Gasteiger partial charge in [-0.3, -0.25) is 15.0 Å². The fraction of sp³-hybridized carbons (Fsp3) is 0.696. The molecule has 7 rings (SSSR count). The first-order valence-corrected chi connectivity index (χ1v) is 12.2. The zero-order valence-electron chi connectivity index (χ0n) is 17.1. The number of aryl methyl sites for hydroxylation is 3. The number of rotatable bonds is 3. The standard InChI is InChI=1S/C23H29N3O2S/c1-13-24-21-20(17-4-2-3-5-18(17)29-21)22(28)26(13)25-19(27)12-23-9-14-6-15(10-23)8-16(7-14)11-23/h14-16H,2-12H2,1H3,(H,25,27). The van der Waals surface area contributed by atoms with Gasteiger partial charge in [0.2, 0.25) is 5.91 Å². The topological polar surface area (TPSA) is 64.0 Å². The van der Waals surface area contributed by atoms with Gasteiger partial charge < -0.3 is 0 Å². The summed E-state index contributed by atoms with van der Waals surface area (Å²) in [7, 11) is 0. The molecule has 1 amide bonds. The van der Waals surface area contributed by atoms with Gasteiger partial charge in [-0.1, -0.05) is 0 Å². The van der Waals surface area contributed by atoms with E-state index in [2.05, 4.69) is 10.4 Å². The third-order valence-electron chi connectivity index (χ3n) is 8.09. The minimum Gasteiger partial charge on any atom is -0.273 e. The van der Waals surface area contributed by atoms with E-state index in [4.69, 9.17) is 0 Å². The largest absolute Gasteiger partial charge is 0.281 e. The van der Waals surface area contributed by atoms with Gasteiger partial charge >= 0.3 is 0 Å². The SMILES string of the molecule is Cc1nc2sc3c(c2c(=O)n1NC(=O)CC12CC4CC(CC(C4)C1)C2)CCCC3. The number of thiophene rings is 1. The highest BCUT2D eigenvalue weighted by molar-refractivity contribution is 7.18. The molecule has 5 aliphatic rings. The Labute approximate surface area is 174 Å². The van der Waals surface area contributed by atoms with Crippen LogP contribution < -0.4 is 11.0 Å². The molecule has 0 aliphatic heterocycles. The van der Waals surface area contributed by atoms with Gasteiger partial charge in [0, 0.05) is 11.3 Å². The van der Waals surface area contributed by atoms with Crippen molar-refractivity contribution in [1.29, 1.82) is 0 Å². The van der Waals surface area contributed by atoms with Crippen molar-refractivity contribution in [2.75, 3.05) is 5.43 Å². The molecule has 4 bridgehead atoms. The molecule has 6 heteroatoms. The van der Waals surface area contributed by atoms with Crippen LogP contribution in [-0.4, -0.2) is 15.6 Å². The first-order valence-electron chi connectivity index (χ1n) is 11.3. The Hall–Kier alpha value is -1.69. The molecule has 0 saturated heterocycles. The summed E-state index contributed by atoms with van der Waals surface area (Å²) < 4.78 is 1.42. The molecule has 154 valence electrons. The summed E-state index contributed by atoms with van der Waals surface area (Å²) in [6.07, 6.45) is 12.6. The van der Waals surface area contributed by atoms with Crippen LogP contribution in [-0.2, 0) is 17.6 Å². The van der Waals surface area contributed by atoms with E-state index in [9.17, 15) is 9.59 Å². The van der Waals surface area contributed by atoms with Crippen molar-refractivity contribution in [3.63, 3.8) is 0 Å². The molecule has 0 aromatic carbocycles. The predicted octanol–water partition coefficient (Wildman–Crippen LogP) is 4.32. The first kappa shape index (κ1) is 18.1. The van der Waals surface area contributed by atoms with Crippen molar-refractivity contribution in [3.05, 3.63) is 26.6 Å². The van der Waals surface area contributed by atoms with E-state index in [0.29, 0.717) is 12.2 Å². The molecule has 0 spiro atoms. The monoisotopic (exact) mass is 411 g/mol. The third-order valence-corrected chi connectivity index (χ3v) is 9.28. The van der Waals surface area contributed by atoms with Crippen molar-refractivity contribution >= 4 is 27.5 Å². The zero-order valence-corrected chi connectivity index (χ0v) is 17.9. The van der Waals surface area contributed by atoms with E-state index in [0.717, 1.165) is 47.2 Å². The van der Waals surface area contributed by atoms with Gasteiger partial charge in [-0.25, -0.2) is 9.66 Å². The molecular weight excluding hydrogens is 382 g/mol. The lowest BCUT2D eigenvalue weighted by molar-refractivity contribution is -0.125. The summed E-state index contributed by atoms with van der Waals surface area (Å²) in [6.45, 7) is 1.82. The second kappa shape index (κ2) is 6.40. The van der Waals surface area contributed by atoms with Crippen LogP contribution in [0.15, 0.2) is 4.79 Å². The van der Waals surface area contributed by atoms with Crippen LogP contribution in [0, 0.1) is 30.1 Å². The second-order valence-corrected chi connectivity index (χ2v) is 11.4. The molecule has 4 fully saturated rings. The average molecular weight is 412 g/mol. The quantitative estimate of drug-likeness (QED) is 0.818. The number of hydrogen-bond donors (Lipinski definition) is 1. The van der Waals surface area contributed by atoms with Crippen LogP contribution in [0.1, 0.15) is 74.1 Å². The van der Waals surface area contributed by atoms with Crippen molar-refractivity contribution in [2.45, 2.75) is 77.6 Å². The summed E-state index contributed by atoms with van der Waals surface area (Å²) in [5, 5.41) is 0.741. The van der Waals surface area contributed by atoms with Crippen molar-refractivity contribution < 1.29 is 4.79 Å². The Morgan fingerprint density at radius 3 is 2.48 bits per heavy atom. The molecule has 29 heavy (non-hydrogen) atoms. The van der Waals surface area contributed by atoms with Crippen LogP contribution >= 0.6 is 11.3 Å². The van der Waals surface area contributed by atoms with Crippen molar-refractivity contribution in [3.8, 4) is 0 Å². The average Bonchev–Trinajstić information content (AvgIpc) is 3.01. The van der Waals surface area contributed by atoms with Gasteiger partial charge in [0.15, 0.2) is 0 Å². The number of carbonyl (C=O) groups excluding carboxylic acids is 1. The number of aromatic nitrogens is 2. The molecule has 1 N–H and O–H groups in total.